The highest BCUT2D eigenvalue weighted by atomic mass is 16.2. The number of nitrogens with one attached hydrogen (secondary N) is 1. The van der Waals surface area contributed by atoms with Crippen LogP contribution in [0.15, 0.2) is 24.4 Å². The van der Waals surface area contributed by atoms with Gasteiger partial charge in [-0.3, -0.25) is 14.7 Å². The zero-order chi connectivity index (χ0) is 13.9. The molecule has 102 valence electrons. The smallest absolute Gasteiger partial charge is 0.323 e. The van der Waals surface area contributed by atoms with Crippen LogP contribution in [0.2, 0.25) is 0 Å². The number of carbonyl (C=O) groups excluding carboxylic acids is 2. The van der Waals surface area contributed by atoms with E-state index < -0.39 is 5.54 Å². The number of imide groups is 1. The molecule has 5 nitrogen and oxygen atoms in total. The highest BCUT2D eigenvalue weighted by molar-refractivity contribution is 6.06. The maximum Gasteiger partial charge on any atom is 0.325 e. The van der Waals surface area contributed by atoms with Crippen LogP contribution >= 0.6 is 0 Å². The molecule has 1 aromatic heterocycles. The second-order valence-electron chi connectivity index (χ2n) is 4.75. The van der Waals surface area contributed by atoms with Crippen LogP contribution in [-0.4, -0.2) is 33.9 Å². The first-order valence-corrected chi connectivity index (χ1v) is 6.67. The van der Waals surface area contributed by atoms with Gasteiger partial charge in [-0.25, -0.2) is 4.79 Å². The Kier molecular flexibility index (Phi) is 3.83. The molecule has 1 N–H and O–H groups in total. The summed E-state index contributed by atoms with van der Waals surface area (Å²) in [4.78, 5) is 29.8. The van der Waals surface area contributed by atoms with E-state index >= 15 is 0 Å². The van der Waals surface area contributed by atoms with E-state index in [0.717, 1.165) is 5.69 Å². The summed E-state index contributed by atoms with van der Waals surface area (Å²) in [6, 6.07) is 5.35. The van der Waals surface area contributed by atoms with Crippen molar-refractivity contribution < 1.29 is 9.59 Å². The molecule has 0 aromatic carbocycles. The van der Waals surface area contributed by atoms with Gasteiger partial charge in [0.05, 0.1) is 0 Å². The average molecular weight is 261 g/mol. The van der Waals surface area contributed by atoms with Crippen molar-refractivity contribution >= 4 is 11.9 Å². The first kappa shape index (κ1) is 13.5. The Morgan fingerprint density at radius 2 is 2.00 bits per heavy atom. The van der Waals surface area contributed by atoms with Gasteiger partial charge in [0, 0.05) is 24.9 Å². The summed E-state index contributed by atoms with van der Waals surface area (Å²) in [5, 5.41) is 2.82. The van der Waals surface area contributed by atoms with Crippen LogP contribution in [0.25, 0.3) is 0 Å². The SMILES string of the molecule is CCC1(CC)NC(=O)N(CCc2ccccn2)C1=O. The van der Waals surface area contributed by atoms with Crippen molar-refractivity contribution in [2.45, 2.75) is 38.6 Å². The third-order valence-corrected chi connectivity index (χ3v) is 3.77. The van der Waals surface area contributed by atoms with Crippen LogP contribution in [0.3, 0.4) is 0 Å². The van der Waals surface area contributed by atoms with E-state index in [0.29, 0.717) is 25.8 Å². The van der Waals surface area contributed by atoms with E-state index in [1.54, 1.807) is 6.20 Å². The van der Waals surface area contributed by atoms with E-state index in [1.807, 2.05) is 32.0 Å². The summed E-state index contributed by atoms with van der Waals surface area (Å²) < 4.78 is 0. The van der Waals surface area contributed by atoms with Crippen LogP contribution < -0.4 is 5.32 Å². The molecule has 0 atom stereocenters. The second-order valence-corrected chi connectivity index (χ2v) is 4.75. The molecule has 0 radical (unpaired) electrons. The number of rotatable bonds is 5. The lowest BCUT2D eigenvalue weighted by molar-refractivity contribution is -0.131. The van der Waals surface area contributed by atoms with E-state index in [1.165, 1.54) is 4.90 Å². The van der Waals surface area contributed by atoms with Gasteiger partial charge >= 0.3 is 6.03 Å². The third-order valence-electron chi connectivity index (χ3n) is 3.77. The zero-order valence-corrected chi connectivity index (χ0v) is 11.3. The fourth-order valence-electron chi connectivity index (χ4n) is 2.38. The molecule has 0 aliphatic carbocycles. The lowest BCUT2D eigenvalue weighted by Crippen LogP contribution is -2.45. The van der Waals surface area contributed by atoms with E-state index in [-0.39, 0.29) is 11.9 Å². The maximum atomic E-state index is 12.3. The number of aromatic nitrogens is 1. The van der Waals surface area contributed by atoms with Gasteiger partial charge in [0.2, 0.25) is 0 Å². The minimum absolute atomic E-state index is 0.113. The normalized spacial score (nSPS) is 17.7. The molecule has 1 aliphatic rings. The van der Waals surface area contributed by atoms with Crippen LogP contribution in [0.1, 0.15) is 32.4 Å². The van der Waals surface area contributed by atoms with E-state index in [2.05, 4.69) is 10.3 Å². The van der Waals surface area contributed by atoms with E-state index in [4.69, 9.17) is 0 Å². The lowest BCUT2D eigenvalue weighted by Gasteiger charge is -2.23. The van der Waals surface area contributed by atoms with Crippen molar-refractivity contribution in [2.75, 3.05) is 6.54 Å². The number of hydrogen-bond donors (Lipinski definition) is 1. The Bertz CT molecular complexity index is 469. The monoisotopic (exact) mass is 261 g/mol. The van der Waals surface area contributed by atoms with Crippen LogP contribution in [0.4, 0.5) is 4.79 Å². The minimum atomic E-state index is -0.707. The van der Waals surface area contributed by atoms with Gasteiger partial charge in [-0.15, -0.1) is 0 Å². The molecule has 0 spiro atoms. The fourth-order valence-corrected chi connectivity index (χ4v) is 2.38. The number of hydrogen-bond acceptors (Lipinski definition) is 3. The Morgan fingerprint density at radius 1 is 1.26 bits per heavy atom. The lowest BCUT2D eigenvalue weighted by atomic mass is 9.93. The van der Waals surface area contributed by atoms with Gasteiger partial charge in [-0.1, -0.05) is 19.9 Å². The van der Waals surface area contributed by atoms with Gasteiger partial charge < -0.3 is 5.32 Å². The van der Waals surface area contributed by atoms with Gasteiger partial charge in [-0.2, -0.15) is 0 Å². The van der Waals surface area contributed by atoms with Crippen LogP contribution in [0.5, 0.6) is 0 Å². The Hall–Kier alpha value is -1.91. The summed E-state index contributed by atoms with van der Waals surface area (Å²) in [5.74, 6) is -0.113. The standard InChI is InChI=1S/C14H19N3O2/c1-3-14(4-2)12(18)17(13(19)16-14)10-8-11-7-5-6-9-15-11/h5-7,9H,3-4,8,10H2,1-2H3,(H,16,19). The molecule has 2 rings (SSSR count). The fraction of sp³-hybridized carbons (Fsp3) is 0.500. The van der Waals surface area contributed by atoms with Gasteiger partial charge in [0.25, 0.3) is 5.91 Å². The molecule has 1 saturated heterocycles. The number of carbonyl (C=O) groups is 2. The summed E-state index contributed by atoms with van der Waals surface area (Å²) in [6.45, 7) is 4.22. The topological polar surface area (TPSA) is 62.3 Å². The van der Waals surface area contributed by atoms with Crippen LogP contribution in [-0.2, 0) is 11.2 Å². The molecule has 19 heavy (non-hydrogen) atoms. The Labute approximate surface area is 113 Å². The summed E-state index contributed by atoms with van der Waals surface area (Å²) >= 11 is 0. The van der Waals surface area contributed by atoms with E-state index in [9.17, 15) is 9.59 Å². The molecular formula is C14H19N3O2. The van der Waals surface area contributed by atoms with Crippen molar-refractivity contribution in [1.82, 2.24) is 15.2 Å². The quantitative estimate of drug-likeness (QED) is 0.821. The molecular weight excluding hydrogens is 242 g/mol. The number of urea groups is 1. The molecule has 0 saturated carbocycles. The molecule has 1 aliphatic heterocycles. The number of pyridine rings is 1. The average Bonchev–Trinajstić information content (AvgIpc) is 2.69. The minimum Gasteiger partial charge on any atom is -0.323 e. The molecule has 1 fully saturated rings. The highest BCUT2D eigenvalue weighted by Crippen LogP contribution is 2.24. The van der Waals surface area contributed by atoms with Crippen molar-refractivity contribution in [3.05, 3.63) is 30.1 Å². The zero-order valence-electron chi connectivity index (χ0n) is 11.3. The largest absolute Gasteiger partial charge is 0.325 e. The Balaban J connectivity index is 2.05. The molecule has 2 heterocycles. The summed E-state index contributed by atoms with van der Waals surface area (Å²) in [6.07, 6.45) is 3.54. The molecule has 0 unspecified atom stereocenters. The number of amides is 3. The second kappa shape index (κ2) is 5.38. The first-order chi connectivity index (χ1) is 9.13. The highest BCUT2D eigenvalue weighted by Gasteiger charge is 2.48. The maximum absolute atomic E-state index is 12.3. The van der Waals surface area contributed by atoms with Gasteiger partial charge in [-0.05, 0) is 25.0 Å². The summed E-state index contributed by atoms with van der Waals surface area (Å²) in [7, 11) is 0. The molecule has 0 bridgehead atoms. The van der Waals surface area contributed by atoms with Crippen molar-refractivity contribution in [2.24, 2.45) is 0 Å². The van der Waals surface area contributed by atoms with Crippen molar-refractivity contribution in [3.63, 3.8) is 0 Å². The van der Waals surface area contributed by atoms with Gasteiger partial charge in [0.15, 0.2) is 0 Å². The predicted octanol–water partition coefficient (Wildman–Crippen LogP) is 1.73. The predicted molar refractivity (Wildman–Crippen MR) is 71.5 cm³/mol. The molecule has 5 heteroatoms. The van der Waals surface area contributed by atoms with Gasteiger partial charge in [0.1, 0.15) is 5.54 Å². The van der Waals surface area contributed by atoms with Crippen molar-refractivity contribution in [3.8, 4) is 0 Å². The molecule has 3 amide bonds. The van der Waals surface area contributed by atoms with Crippen LogP contribution in [0, 0.1) is 0 Å². The molecule has 1 aromatic rings. The third kappa shape index (κ3) is 2.45. The first-order valence-electron chi connectivity index (χ1n) is 6.67. The Morgan fingerprint density at radius 3 is 2.53 bits per heavy atom. The van der Waals surface area contributed by atoms with Crippen molar-refractivity contribution in [1.29, 1.82) is 0 Å². The summed E-state index contributed by atoms with van der Waals surface area (Å²) in [5.41, 5.74) is 0.176. The number of nitrogens with zero attached hydrogens (tertiary/aromatic N) is 2.